The van der Waals surface area contributed by atoms with Crippen LogP contribution in [0.2, 0.25) is 0 Å². The van der Waals surface area contributed by atoms with Gasteiger partial charge < -0.3 is 10.4 Å². The Morgan fingerprint density at radius 2 is 1.80 bits per heavy atom. The second-order valence-corrected chi connectivity index (χ2v) is 5.06. The molecule has 0 radical (unpaired) electrons. The quantitative estimate of drug-likeness (QED) is 0.736. The minimum atomic E-state index is -0.727. The topological polar surface area (TPSA) is 49.3 Å². The zero-order chi connectivity index (χ0) is 11.4. The van der Waals surface area contributed by atoms with Crippen LogP contribution in [0.4, 0.5) is 0 Å². The molecule has 2 N–H and O–H groups in total. The fourth-order valence-electron chi connectivity index (χ4n) is 2.43. The first-order valence-electron chi connectivity index (χ1n) is 6.01. The monoisotopic (exact) mass is 213 g/mol. The van der Waals surface area contributed by atoms with Crippen LogP contribution in [0.25, 0.3) is 0 Å². The molecule has 0 aromatic heterocycles. The average Bonchev–Trinajstić information content (AvgIpc) is 2.65. The molecule has 1 unspecified atom stereocenters. The van der Waals surface area contributed by atoms with Gasteiger partial charge in [0.1, 0.15) is 6.04 Å². The molecule has 0 aromatic rings. The molecule has 0 aliphatic heterocycles. The van der Waals surface area contributed by atoms with Gasteiger partial charge in [-0.3, -0.25) is 4.79 Å². The minimum Gasteiger partial charge on any atom is -0.480 e. The van der Waals surface area contributed by atoms with Gasteiger partial charge in [-0.05, 0) is 31.6 Å². The Bertz CT molecular complexity index is 210. The van der Waals surface area contributed by atoms with Crippen LogP contribution in [0, 0.1) is 11.8 Å². The molecule has 1 aliphatic carbocycles. The van der Waals surface area contributed by atoms with Gasteiger partial charge in [-0.1, -0.05) is 26.7 Å². The summed E-state index contributed by atoms with van der Waals surface area (Å²) in [5.74, 6) is 0.0896. The second kappa shape index (κ2) is 5.50. The van der Waals surface area contributed by atoms with Crippen molar-refractivity contribution in [2.24, 2.45) is 11.8 Å². The number of carbonyl (C=O) groups is 1. The first-order chi connectivity index (χ1) is 7.02. The average molecular weight is 213 g/mol. The molecule has 15 heavy (non-hydrogen) atoms. The maximum atomic E-state index is 11.0. The summed E-state index contributed by atoms with van der Waals surface area (Å²) in [6.07, 6.45) is 5.10. The molecular weight excluding hydrogens is 190 g/mol. The van der Waals surface area contributed by atoms with Crippen molar-refractivity contribution in [3.63, 3.8) is 0 Å². The summed E-state index contributed by atoms with van der Waals surface area (Å²) < 4.78 is 0. The van der Waals surface area contributed by atoms with Gasteiger partial charge in [0.25, 0.3) is 0 Å². The van der Waals surface area contributed by atoms with E-state index in [1.807, 2.05) is 13.8 Å². The summed E-state index contributed by atoms with van der Waals surface area (Å²) in [4.78, 5) is 11.0. The number of nitrogens with one attached hydrogen (secondary N) is 1. The van der Waals surface area contributed by atoms with Crippen LogP contribution in [0.5, 0.6) is 0 Å². The van der Waals surface area contributed by atoms with Crippen molar-refractivity contribution in [2.45, 2.75) is 58.5 Å². The molecule has 0 heterocycles. The smallest absolute Gasteiger partial charge is 0.320 e. The molecule has 0 amide bonds. The number of rotatable bonds is 5. The lowest BCUT2D eigenvalue weighted by Gasteiger charge is -2.26. The van der Waals surface area contributed by atoms with Crippen molar-refractivity contribution >= 4 is 5.97 Å². The number of carboxylic acid groups (broad SMARTS) is 1. The van der Waals surface area contributed by atoms with E-state index in [2.05, 4.69) is 12.2 Å². The lowest BCUT2D eigenvalue weighted by Crippen LogP contribution is -2.47. The Balaban J connectivity index is 2.46. The molecule has 88 valence electrons. The molecule has 3 nitrogen and oxygen atoms in total. The summed E-state index contributed by atoms with van der Waals surface area (Å²) in [5, 5.41) is 12.3. The summed E-state index contributed by atoms with van der Waals surface area (Å²) >= 11 is 0. The van der Waals surface area contributed by atoms with Gasteiger partial charge in [0.05, 0.1) is 0 Å². The standard InChI is InChI=1S/C12H23NO2/c1-8(2)11(12(14)15)13-9(3)10-6-4-5-7-10/h8-11,13H,4-7H2,1-3H3,(H,14,15)/t9-,11?/m0/s1. The van der Waals surface area contributed by atoms with Crippen LogP contribution in [0.15, 0.2) is 0 Å². The van der Waals surface area contributed by atoms with Crippen molar-refractivity contribution in [2.75, 3.05) is 0 Å². The van der Waals surface area contributed by atoms with E-state index in [9.17, 15) is 4.79 Å². The third-order valence-corrected chi connectivity index (χ3v) is 3.48. The molecule has 0 bridgehead atoms. The van der Waals surface area contributed by atoms with Gasteiger partial charge in [0.2, 0.25) is 0 Å². The minimum absolute atomic E-state index is 0.145. The summed E-state index contributed by atoms with van der Waals surface area (Å²) in [6, 6.07) is -0.0726. The maximum absolute atomic E-state index is 11.0. The zero-order valence-electron chi connectivity index (χ0n) is 9.99. The largest absolute Gasteiger partial charge is 0.480 e. The number of carboxylic acids is 1. The van der Waals surface area contributed by atoms with E-state index in [1.54, 1.807) is 0 Å². The first-order valence-corrected chi connectivity index (χ1v) is 6.01. The number of hydrogen-bond donors (Lipinski definition) is 2. The molecule has 0 saturated heterocycles. The Hall–Kier alpha value is -0.570. The Kier molecular flexibility index (Phi) is 4.58. The highest BCUT2D eigenvalue weighted by Crippen LogP contribution is 2.27. The van der Waals surface area contributed by atoms with Crippen molar-refractivity contribution in [1.29, 1.82) is 0 Å². The van der Waals surface area contributed by atoms with Crippen molar-refractivity contribution in [3.8, 4) is 0 Å². The van der Waals surface area contributed by atoms with Gasteiger partial charge in [-0.2, -0.15) is 0 Å². The van der Waals surface area contributed by atoms with E-state index >= 15 is 0 Å². The van der Waals surface area contributed by atoms with E-state index in [4.69, 9.17) is 5.11 Å². The van der Waals surface area contributed by atoms with E-state index < -0.39 is 12.0 Å². The van der Waals surface area contributed by atoms with Crippen molar-refractivity contribution in [1.82, 2.24) is 5.32 Å². The zero-order valence-corrected chi connectivity index (χ0v) is 9.99. The molecule has 1 saturated carbocycles. The molecule has 2 atom stereocenters. The first kappa shape index (κ1) is 12.5. The summed E-state index contributed by atoms with van der Waals surface area (Å²) in [5.41, 5.74) is 0. The van der Waals surface area contributed by atoms with Crippen molar-refractivity contribution in [3.05, 3.63) is 0 Å². The molecule has 1 aliphatic rings. The fraction of sp³-hybridized carbons (Fsp3) is 0.917. The van der Waals surface area contributed by atoms with Gasteiger partial charge in [0.15, 0.2) is 0 Å². The SMILES string of the molecule is CC(C)C(N[C@@H](C)C1CCCC1)C(=O)O. The predicted octanol–water partition coefficient (Wildman–Crippen LogP) is 2.26. The molecule has 0 spiro atoms. The fourth-order valence-corrected chi connectivity index (χ4v) is 2.43. The maximum Gasteiger partial charge on any atom is 0.320 e. The molecule has 3 heteroatoms. The van der Waals surface area contributed by atoms with Crippen molar-refractivity contribution < 1.29 is 9.90 Å². The van der Waals surface area contributed by atoms with Crippen LogP contribution >= 0.6 is 0 Å². The van der Waals surface area contributed by atoms with Gasteiger partial charge >= 0.3 is 5.97 Å². The van der Waals surface area contributed by atoms with Crippen LogP contribution in [-0.4, -0.2) is 23.2 Å². The Labute approximate surface area is 92.3 Å². The van der Waals surface area contributed by atoms with Crippen LogP contribution in [-0.2, 0) is 4.79 Å². The Morgan fingerprint density at radius 1 is 1.27 bits per heavy atom. The molecule has 0 aromatic carbocycles. The number of hydrogen-bond acceptors (Lipinski definition) is 2. The van der Waals surface area contributed by atoms with Crippen LogP contribution < -0.4 is 5.32 Å². The lowest BCUT2D eigenvalue weighted by atomic mass is 9.96. The predicted molar refractivity (Wildman–Crippen MR) is 60.8 cm³/mol. The normalized spacial score (nSPS) is 21.9. The van der Waals surface area contributed by atoms with E-state index in [1.165, 1.54) is 25.7 Å². The highest BCUT2D eigenvalue weighted by molar-refractivity contribution is 5.73. The van der Waals surface area contributed by atoms with E-state index in [-0.39, 0.29) is 5.92 Å². The third-order valence-electron chi connectivity index (χ3n) is 3.48. The van der Waals surface area contributed by atoms with Gasteiger partial charge in [-0.25, -0.2) is 0 Å². The molecular formula is C12H23NO2. The summed E-state index contributed by atoms with van der Waals surface area (Å²) in [6.45, 7) is 6.02. The molecule has 1 rings (SSSR count). The Morgan fingerprint density at radius 3 is 2.20 bits per heavy atom. The van der Waals surface area contributed by atoms with E-state index in [0.29, 0.717) is 12.0 Å². The number of aliphatic carboxylic acids is 1. The van der Waals surface area contributed by atoms with Crippen LogP contribution in [0.1, 0.15) is 46.5 Å². The van der Waals surface area contributed by atoms with Crippen LogP contribution in [0.3, 0.4) is 0 Å². The molecule has 1 fully saturated rings. The third kappa shape index (κ3) is 3.49. The highest BCUT2D eigenvalue weighted by Gasteiger charge is 2.27. The highest BCUT2D eigenvalue weighted by atomic mass is 16.4. The van der Waals surface area contributed by atoms with E-state index in [0.717, 1.165) is 0 Å². The lowest BCUT2D eigenvalue weighted by molar-refractivity contribution is -0.141. The second-order valence-electron chi connectivity index (χ2n) is 5.06. The summed E-state index contributed by atoms with van der Waals surface area (Å²) in [7, 11) is 0. The van der Waals surface area contributed by atoms with Gasteiger partial charge in [0, 0.05) is 6.04 Å². The van der Waals surface area contributed by atoms with Gasteiger partial charge in [-0.15, -0.1) is 0 Å².